The van der Waals surface area contributed by atoms with Crippen molar-refractivity contribution < 1.29 is 9.53 Å². The molecule has 86 valence electrons. The predicted octanol–water partition coefficient (Wildman–Crippen LogP) is 2.22. The third-order valence-corrected chi connectivity index (χ3v) is 2.56. The van der Waals surface area contributed by atoms with E-state index >= 15 is 0 Å². The minimum atomic E-state index is -0.221. The number of ether oxygens (including phenoxy) is 1. The summed E-state index contributed by atoms with van der Waals surface area (Å²) >= 11 is 0. The minimum Gasteiger partial charge on any atom is -0.496 e. The molecular formula is C12H21NO2. The standard InChI is InChI=1S/C12H21NO2/c1-8(2)15-10-5-9(11(13)14)6-12(3,4)7-10/h7-9H,5-6H2,1-4H3,(H2,13,14). The Balaban J connectivity index is 2.79. The summed E-state index contributed by atoms with van der Waals surface area (Å²) in [5.74, 6) is 0.602. The maximum absolute atomic E-state index is 11.2. The lowest BCUT2D eigenvalue weighted by molar-refractivity contribution is -0.123. The number of nitrogens with two attached hydrogens (primary N) is 1. The van der Waals surface area contributed by atoms with Gasteiger partial charge in [0.15, 0.2) is 0 Å². The topological polar surface area (TPSA) is 52.3 Å². The molecule has 2 N–H and O–H groups in total. The SMILES string of the molecule is CC(C)OC1=CC(C)(C)CC(C(N)=O)C1. The summed E-state index contributed by atoms with van der Waals surface area (Å²) < 4.78 is 5.66. The number of primary amides is 1. The Bertz CT molecular complexity index is 279. The van der Waals surface area contributed by atoms with Gasteiger partial charge in [-0.3, -0.25) is 4.79 Å². The average Bonchev–Trinajstić information content (AvgIpc) is 1.98. The van der Waals surface area contributed by atoms with Gasteiger partial charge in [0, 0.05) is 12.3 Å². The highest BCUT2D eigenvalue weighted by atomic mass is 16.5. The van der Waals surface area contributed by atoms with E-state index in [9.17, 15) is 4.79 Å². The lowest BCUT2D eigenvalue weighted by Crippen LogP contribution is -2.32. The third kappa shape index (κ3) is 3.57. The second-order valence-corrected chi connectivity index (χ2v) is 5.27. The van der Waals surface area contributed by atoms with Gasteiger partial charge in [0.2, 0.25) is 5.91 Å². The zero-order valence-corrected chi connectivity index (χ0v) is 10.0. The van der Waals surface area contributed by atoms with E-state index in [4.69, 9.17) is 10.5 Å². The molecule has 0 aliphatic heterocycles. The van der Waals surface area contributed by atoms with Gasteiger partial charge >= 0.3 is 0 Å². The average molecular weight is 211 g/mol. The van der Waals surface area contributed by atoms with Crippen molar-refractivity contribution in [1.29, 1.82) is 0 Å². The van der Waals surface area contributed by atoms with Crippen molar-refractivity contribution in [2.24, 2.45) is 17.1 Å². The van der Waals surface area contributed by atoms with Crippen LogP contribution in [0.1, 0.15) is 40.5 Å². The molecule has 15 heavy (non-hydrogen) atoms. The highest BCUT2D eigenvalue weighted by Gasteiger charge is 2.31. The molecule has 1 rings (SSSR count). The molecule has 0 saturated carbocycles. The van der Waals surface area contributed by atoms with Gasteiger partial charge in [0.25, 0.3) is 0 Å². The van der Waals surface area contributed by atoms with E-state index in [1.54, 1.807) is 0 Å². The third-order valence-electron chi connectivity index (χ3n) is 2.56. The molecule has 1 atom stereocenters. The van der Waals surface area contributed by atoms with Gasteiger partial charge in [-0.25, -0.2) is 0 Å². The highest BCUT2D eigenvalue weighted by Crippen LogP contribution is 2.37. The van der Waals surface area contributed by atoms with E-state index in [0.29, 0.717) is 6.42 Å². The van der Waals surface area contributed by atoms with Crippen molar-refractivity contribution >= 4 is 5.91 Å². The number of carbonyl (C=O) groups excluding carboxylic acids is 1. The zero-order chi connectivity index (χ0) is 11.6. The van der Waals surface area contributed by atoms with Gasteiger partial charge in [0.05, 0.1) is 11.9 Å². The Morgan fingerprint density at radius 3 is 2.67 bits per heavy atom. The first-order chi connectivity index (χ1) is 6.80. The highest BCUT2D eigenvalue weighted by molar-refractivity contribution is 5.77. The van der Waals surface area contributed by atoms with Crippen molar-refractivity contribution in [1.82, 2.24) is 0 Å². The Labute approximate surface area is 91.7 Å². The summed E-state index contributed by atoms with van der Waals surface area (Å²) in [4.78, 5) is 11.2. The molecule has 0 aromatic heterocycles. The molecule has 0 fully saturated rings. The number of carbonyl (C=O) groups is 1. The first kappa shape index (κ1) is 12.1. The Morgan fingerprint density at radius 1 is 1.60 bits per heavy atom. The molecule has 1 aliphatic rings. The number of allylic oxidation sites excluding steroid dienone is 2. The molecule has 1 aliphatic carbocycles. The molecular weight excluding hydrogens is 190 g/mol. The Morgan fingerprint density at radius 2 is 2.20 bits per heavy atom. The summed E-state index contributed by atoms with van der Waals surface area (Å²) in [6, 6.07) is 0. The monoisotopic (exact) mass is 211 g/mol. The van der Waals surface area contributed by atoms with Crippen LogP contribution in [-0.2, 0) is 9.53 Å². The fourth-order valence-corrected chi connectivity index (χ4v) is 2.09. The van der Waals surface area contributed by atoms with Gasteiger partial charge < -0.3 is 10.5 Å². The van der Waals surface area contributed by atoms with Crippen LogP contribution in [0.3, 0.4) is 0 Å². The first-order valence-corrected chi connectivity index (χ1v) is 5.48. The molecule has 3 heteroatoms. The van der Waals surface area contributed by atoms with Crippen LogP contribution in [-0.4, -0.2) is 12.0 Å². The van der Waals surface area contributed by atoms with Crippen LogP contribution in [0.15, 0.2) is 11.8 Å². The van der Waals surface area contributed by atoms with E-state index in [2.05, 4.69) is 19.9 Å². The largest absolute Gasteiger partial charge is 0.496 e. The van der Waals surface area contributed by atoms with Crippen molar-refractivity contribution in [3.8, 4) is 0 Å². The Hall–Kier alpha value is -0.990. The molecule has 0 bridgehead atoms. The van der Waals surface area contributed by atoms with E-state index in [-0.39, 0.29) is 23.3 Å². The van der Waals surface area contributed by atoms with Gasteiger partial charge in [-0.1, -0.05) is 13.8 Å². The summed E-state index contributed by atoms with van der Waals surface area (Å²) in [5, 5.41) is 0. The van der Waals surface area contributed by atoms with Gasteiger partial charge in [-0.2, -0.15) is 0 Å². The molecule has 0 radical (unpaired) electrons. The molecule has 0 spiro atoms. The summed E-state index contributed by atoms with van der Waals surface area (Å²) in [6.45, 7) is 8.18. The fourth-order valence-electron chi connectivity index (χ4n) is 2.09. The van der Waals surface area contributed by atoms with E-state index < -0.39 is 0 Å². The lowest BCUT2D eigenvalue weighted by Gasteiger charge is -2.32. The number of rotatable bonds is 3. The van der Waals surface area contributed by atoms with Crippen molar-refractivity contribution in [3.05, 3.63) is 11.8 Å². The van der Waals surface area contributed by atoms with E-state index in [1.165, 1.54) is 0 Å². The maximum Gasteiger partial charge on any atom is 0.221 e. The van der Waals surface area contributed by atoms with Crippen LogP contribution in [0.5, 0.6) is 0 Å². The molecule has 0 saturated heterocycles. The van der Waals surface area contributed by atoms with Crippen LogP contribution in [0.2, 0.25) is 0 Å². The molecule has 0 aromatic rings. The molecule has 0 aromatic carbocycles. The maximum atomic E-state index is 11.2. The number of amides is 1. The van der Waals surface area contributed by atoms with E-state index in [0.717, 1.165) is 12.2 Å². The normalized spacial score (nSPS) is 24.9. The molecule has 0 heterocycles. The van der Waals surface area contributed by atoms with Gasteiger partial charge in [-0.15, -0.1) is 0 Å². The number of hydrogen-bond acceptors (Lipinski definition) is 2. The summed E-state index contributed by atoms with van der Waals surface area (Å²) in [5.41, 5.74) is 5.36. The Kier molecular flexibility index (Phi) is 3.42. The summed E-state index contributed by atoms with van der Waals surface area (Å²) in [7, 11) is 0. The molecule has 3 nitrogen and oxygen atoms in total. The second-order valence-electron chi connectivity index (χ2n) is 5.27. The fraction of sp³-hybridized carbons (Fsp3) is 0.750. The van der Waals surface area contributed by atoms with Crippen LogP contribution in [0.25, 0.3) is 0 Å². The molecule has 1 amide bonds. The van der Waals surface area contributed by atoms with E-state index in [1.807, 2.05) is 13.8 Å². The van der Waals surface area contributed by atoms with Crippen LogP contribution >= 0.6 is 0 Å². The summed E-state index contributed by atoms with van der Waals surface area (Å²) in [6.07, 6.45) is 3.73. The first-order valence-electron chi connectivity index (χ1n) is 5.48. The van der Waals surface area contributed by atoms with Crippen LogP contribution < -0.4 is 5.73 Å². The van der Waals surface area contributed by atoms with Gasteiger partial charge in [-0.05, 0) is 31.8 Å². The predicted molar refractivity (Wildman–Crippen MR) is 60.0 cm³/mol. The van der Waals surface area contributed by atoms with Crippen molar-refractivity contribution in [2.45, 2.75) is 46.6 Å². The minimum absolute atomic E-state index is 0.00215. The van der Waals surface area contributed by atoms with Crippen molar-refractivity contribution in [3.63, 3.8) is 0 Å². The smallest absolute Gasteiger partial charge is 0.221 e. The van der Waals surface area contributed by atoms with Gasteiger partial charge in [0.1, 0.15) is 0 Å². The van der Waals surface area contributed by atoms with Crippen LogP contribution in [0, 0.1) is 11.3 Å². The second kappa shape index (κ2) is 4.25. The zero-order valence-electron chi connectivity index (χ0n) is 10.0. The van der Waals surface area contributed by atoms with Crippen molar-refractivity contribution in [2.75, 3.05) is 0 Å². The van der Waals surface area contributed by atoms with Crippen LogP contribution in [0.4, 0.5) is 0 Å². The molecule has 1 unspecified atom stereocenters. The lowest BCUT2D eigenvalue weighted by atomic mass is 9.76. The number of hydrogen-bond donors (Lipinski definition) is 1. The quantitative estimate of drug-likeness (QED) is 0.778.